The summed E-state index contributed by atoms with van der Waals surface area (Å²) in [6.45, 7) is 1.20. The van der Waals surface area contributed by atoms with Gasteiger partial charge < -0.3 is 9.90 Å². The first kappa shape index (κ1) is 10.6. The van der Waals surface area contributed by atoms with Crippen LogP contribution < -0.4 is 5.11 Å². The second-order valence-electron chi connectivity index (χ2n) is 1.25. The number of carbonyl (C=O) groups is 2. The molecule has 4 heteroatoms. The molecule has 0 saturated heterocycles. The van der Waals surface area contributed by atoms with E-state index >= 15 is 0 Å². The summed E-state index contributed by atoms with van der Waals surface area (Å²) in [7, 11) is 0. The quantitative estimate of drug-likeness (QED) is 0.377. The Kier molecular flexibility index (Phi) is 6.38. The van der Waals surface area contributed by atoms with Crippen molar-refractivity contribution in [3.8, 4) is 0 Å². The van der Waals surface area contributed by atoms with E-state index < -0.39 is 12.4 Å². The Balaban J connectivity index is 0. The minimum absolute atomic E-state index is 0. The summed E-state index contributed by atoms with van der Waals surface area (Å²) in [6.07, 6.45) is -0.472. The van der Waals surface area contributed by atoms with Gasteiger partial charge in [-0.3, -0.25) is 4.79 Å². The summed E-state index contributed by atoms with van der Waals surface area (Å²) in [6, 6.07) is 0. The first-order chi connectivity index (χ1) is 3.13. The number of hydrogen-bond acceptors (Lipinski definition) is 3. The van der Waals surface area contributed by atoms with Crippen LogP contribution in [0.15, 0.2) is 0 Å². The van der Waals surface area contributed by atoms with Gasteiger partial charge in [0.1, 0.15) is 5.78 Å². The van der Waals surface area contributed by atoms with E-state index in [1.165, 1.54) is 6.92 Å². The van der Waals surface area contributed by atoms with Crippen LogP contribution in [-0.2, 0) is 26.7 Å². The molecule has 0 bridgehead atoms. The third kappa shape index (κ3) is 9.18. The molecule has 0 aromatic carbocycles. The van der Waals surface area contributed by atoms with Crippen molar-refractivity contribution in [2.24, 2.45) is 0 Å². The summed E-state index contributed by atoms with van der Waals surface area (Å²) in [4.78, 5) is 19.3. The number of carboxylic acid groups (broad SMARTS) is 1. The SMILES string of the molecule is CC(=O)CC(=O)[O-].[Cu+2]. The molecule has 8 heavy (non-hydrogen) atoms. The summed E-state index contributed by atoms with van der Waals surface area (Å²) >= 11 is 0. The summed E-state index contributed by atoms with van der Waals surface area (Å²) in [5.74, 6) is -1.69. The monoisotopic (exact) mass is 164 g/mol. The fourth-order valence-electron chi connectivity index (χ4n) is 0.203. The first-order valence-electron chi connectivity index (χ1n) is 1.82. The van der Waals surface area contributed by atoms with Crippen LogP contribution in [0.2, 0.25) is 0 Å². The van der Waals surface area contributed by atoms with Gasteiger partial charge in [-0.2, -0.15) is 0 Å². The summed E-state index contributed by atoms with van der Waals surface area (Å²) in [5.41, 5.74) is 0. The normalized spacial score (nSPS) is 7.12. The zero-order chi connectivity index (χ0) is 5.86. The van der Waals surface area contributed by atoms with E-state index in [2.05, 4.69) is 0 Å². The molecule has 49 valence electrons. The van der Waals surface area contributed by atoms with Crippen LogP contribution in [-0.4, -0.2) is 11.8 Å². The molecule has 0 aliphatic heterocycles. The predicted octanol–water partition coefficient (Wildman–Crippen LogP) is -1.29. The molecule has 0 aromatic rings. The molecule has 0 heterocycles. The molecule has 0 rings (SSSR count). The molecule has 0 atom stereocenters. The third-order valence-electron chi connectivity index (χ3n) is 0.393. The van der Waals surface area contributed by atoms with Crippen LogP contribution in [0.3, 0.4) is 0 Å². The molecule has 0 saturated carbocycles. The van der Waals surface area contributed by atoms with Crippen molar-refractivity contribution in [1.29, 1.82) is 0 Å². The molecular weight excluding hydrogens is 160 g/mol. The Morgan fingerprint density at radius 3 is 1.88 bits per heavy atom. The number of carboxylic acids is 1. The number of Topliss-reactive ketones (excluding diaryl/α,β-unsaturated/α-hetero) is 1. The van der Waals surface area contributed by atoms with Gasteiger partial charge in [-0.15, -0.1) is 0 Å². The van der Waals surface area contributed by atoms with Crippen molar-refractivity contribution in [3.63, 3.8) is 0 Å². The largest absolute Gasteiger partial charge is 2.00 e. The number of hydrogen-bond donors (Lipinski definition) is 0. The molecule has 0 aliphatic rings. The van der Waals surface area contributed by atoms with Gasteiger partial charge >= 0.3 is 17.1 Å². The summed E-state index contributed by atoms with van der Waals surface area (Å²) in [5, 5.41) is 9.48. The van der Waals surface area contributed by atoms with Gasteiger partial charge in [0.25, 0.3) is 0 Å². The molecule has 3 nitrogen and oxygen atoms in total. The van der Waals surface area contributed by atoms with Crippen molar-refractivity contribution in [3.05, 3.63) is 0 Å². The van der Waals surface area contributed by atoms with Crippen LogP contribution in [0.5, 0.6) is 0 Å². The molecule has 0 fully saturated rings. The second-order valence-corrected chi connectivity index (χ2v) is 1.25. The number of carbonyl (C=O) groups excluding carboxylic acids is 2. The maximum atomic E-state index is 9.83. The molecule has 0 aromatic heterocycles. The Bertz CT molecular complexity index is 87.5. The van der Waals surface area contributed by atoms with Gasteiger partial charge in [0, 0.05) is 12.4 Å². The maximum Gasteiger partial charge on any atom is 2.00 e. The fraction of sp³-hybridized carbons (Fsp3) is 0.500. The average molecular weight is 165 g/mol. The molecule has 0 aliphatic carbocycles. The molecule has 0 spiro atoms. The van der Waals surface area contributed by atoms with Crippen molar-refractivity contribution in [2.45, 2.75) is 13.3 Å². The van der Waals surface area contributed by atoms with E-state index in [0.29, 0.717) is 0 Å². The smallest absolute Gasteiger partial charge is 0.550 e. The van der Waals surface area contributed by atoms with E-state index in [1.54, 1.807) is 0 Å². The second kappa shape index (κ2) is 4.81. The molecule has 0 N–H and O–H groups in total. The number of rotatable bonds is 2. The third-order valence-corrected chi connectivity index (χ3v) is 0.393. The zero-order valence-corrected chi connectivity index (χ0v) is 5.18. The van der Waals surface area contributed by atoms with Gasteiger partial charge in [0.05, 0.1) is 0 Å². The first-order valence-corrected chi connectivity index (χ1v) is 1.82. The van der Waals surface area contributed by atoms with E-state index in [4.69, 9.17) is 0 Å². The Morgan fingerprint density at radius 1 is 1.50 bits per heavy atom. The zero-order valence-electron chi connectivity index (χ0n) is 4.23. The van der Waals surface area contributed by atoms with Crippen molar-refractivity contribution >= 4 is 11.8 Å². The average Bonchev–Trinajstić information content (AvgIpc) is 1.27. The van der Waals surface area contributed by atoms with Gasteiger partial charge in [-0.05, 0) is 6.92 Å². The number of aliphatic carboxylic acids is 1. The maximum absolute atomic E-state index is 9.83. The van der Waals surface area contributed by atoms with Crippen LogP contribution in [0.1, 0.15) is 13.3 Å². The van der Waals surface area contributed by atoms with Gasteiger partial charge in [-0.1, -0.05) is 0 Å². The Labute approximate surface area is 57.5 Å². The predicted molar refractivity (Wildman–Crippen MR) is 20.3 cm³/mol. The van der Waals surface area contributed by atoms with Crippen molar-refractivity contribution < 1.29 is 31.8 Å². The van der Waals surface area contributed by atoms with Gasteiger partial charge in [-0.25, -0.2) is 0 Å². The van der Waals surface area contributed by atoms with Crippen LogP contribution in [0, 0.1) is 0 Å². The minimum atomic E-state index is -1.31. The van der Waals surface area contributed by atoms with Crippen LogP contribution in [0.4, 0.5) is 0 Å². The van der Waals surface area contributed by atoms with E-state index in [1.807, 2.05) is 0 Å². The number of ketones is 1. The molecule has 0 unspecified atom stereocenters. The molecule has 1 radical (unpaired) electrons. The minimum Gasteiger partial charge on any atom is -0.550 e. The van der Waals surface area contributed by atoms with Crippen LogP contribution >= 0.6 is 0 Å². The van der Waals surface area contributed by atoms with Crippen molar-refractivity contribution in [1.82, 2.24) is 0 Å². The molecular formula is C4H5CuO3+. The van der Waals surface area contributed by atoms with Gasteiger partial charge in [0.15, 0.2) is 0 Å². The van der Waals surface area contributed by atoms with E-state index in [9.17, 15) is 14.7 Å². The standard InChI is InChI=1S/C4H6O3.Cu/c1-3(5)2-4(6)7;/h2H2,1H3,(H,6,7);/q;+2/p-1. The van der Waals surface area contributed by atoms with E-state index in [0.717, 1.165) is 0 Å². The van der Waals surface area contributed by atoms with E-state index in [-0.39, 0.29) is 22.9 Å². The van der Waals surface area contributed by atoms with Crippen LogP contribution in [0.25, 0.3) is 0 Å². The molecule has 0 amide bonds. The van der Waals surface area contributed by atoms with Gasteiger partial charge in [0.2, 0.25) is 0 Å². The van der Waals surface area contributed by atoms with Crippen molar-refractivity contribution in [2.75, 3.05) is 0 Å². The summed E-state index contributed by atoms with van der Waals surface area (Å²) < 4.78 is 0. The fourth-order valence-corrected chi connectivity index (χ4v) is 0.203. The Hall–Kier alpha value is -0.341. The Morgan fingerprint density at radius 2 is 1.88 bits per heavy atom. The topological polar surface area (TPSA) is 57.2 Å².